The molecule has 0 saturated carbocycles. The van der Waals surface area contributed by atoms with Gasteiger partial charge in [0, 0.05) is 23.4 Å². The van der Waals surface area contributed by atoms with Gasteiger partial charge < -0.3 is 0 Å². The van der Waals surface area contributed by atoms with Crippen LogP contribution < -0.4 is 0 Å². The van der Waals surface area contributed by atoms with Crippen LogP contribution in [0.5, 0.6) is 0 Å². The Bertz CT molecular complexity index is 875. The van der Waals surface area contributed by atoms with Gasteiger partial charge in [-0.3, -0.25) is 4.99 Å². The molecule has 5 heteroatoms. The van der Waals surface area contributed by atoms with Crippen LogP contribution in [0.4, 0.5) is 0 Å². The second-order valence-corrected chi connectivity index (χ2v) is 7.38. The summed E-state index contributed by atoms with van der Waals surface area (Å²) >= 11 is 7.87. The molecule has 0 amide bonds. The van der Waals surface area contributed by atoms with E-state index in [9.17, 15) is 4.91 Å². The summed E-state index contributed by atoms with van der Waals surface area (Å²) in [6, 6.07) is 17.3. The molecule has 0 aromatic heterocycles. The number of halogens is 1. The Balaban J connectivity index is 2.29. The first-order valence-electron chi connectivity index (χ1n) is 8.89. The van der Waals surface area contributed by atoms with Crippen molar-refractivity contribution in [2.24, 2.45) is 10.2 Å². The Morgan fingerprint density at radius 1 is 1.21 bits per heavy atom. The van der Waals surface area contributed by atoms with E-state index in [0.717, 1.165) is 22.5 Å². The molecule has 2 rings (SSSR count). The van der Waals surface area contributed by atoms with E-state index >= 15 is 0 Å². The zero-order valence-corrected chi connectivity index (χ0v) is 17.4. The maximum Gasteiger partial charge on any atom is 0.122 e. The Kier molecular flexibility index (Phi) is 9.46. The molecule has 0 heterocycles. The zero-order chi connectivity index (χ0) is 20.2. The van der Waals surface area contributed by atoms with Crippen LogP contribution in [-0.2, 0) is 5.75 Å². The van der Waals surface area contributed by atoms with Crippen molar-refractivity contribution in [3.63, 3.8) is 0 Å². The topological polar surface area (TPSA) is 41.8 Å². The summed E-state index contributed by atoms with van der Waals surface area (Å²) in [5.41, 5.74) is 3.96. The van der Waals surface area contributed by atoms with E-state index in [-0.39, 0.29) is 0 Å². The minimum Gasteiger partial charge on any atom is -0.272 e. The predicted octanol–water partition coefficient (Wildman–Crippen LogP) is 7.30. The molecule has 0 N–H and O–H groups in total. The number of allylic oxidation sites excluding steroid dienone is 1. The Morgan fingerprint density at radius 3 is 2.64 bits per heavy atom. The lowest BCUT2D eigenvalue weighted by Gasteiger charge is -2.14. The van der Waals surface area contributed by atoms with Crippen molar-refractivity contribution >= 4 is 35.7 Å². The van der Waals surface area contributed by atoms with Gasteiger partial charge in [-0.15, -0.1) is 11.8 Å². The molecule has 0 aliphatic rings. The summed E-state index contributed by atoms with van der Waals surface area (Å²) in [5.74, 6) is 0.843. The van der Waals surface area contributed by atoms with Crippen LogP contribution in [0.1, 0.15) is 24.5 Å². The highest BCUT2D eigenvalue weighted by Crippen LogP contribution is 2.30. The third-order valence-electron chi connectivity index (χ3n) is 4.04. The molecule has 1 unspecified atom stereocenters. The third-order valence-corrected chi connectivity index (χ3v) is 5.22. The van der Waals surface area contributed by atoms with Crippen molar-refractivity contribution in [2.75, 3.05) is 0 Å². The molecule has 0 fully saturated rings. The lowest BCUT2D eigenvalue weighted by atomic mass is 9.96. The van der Waals surface area contributed by atoms with E-state index in [2.05, 4.69) is 34.4 Å². The van der Waals surface area contributed by atoms with E-state index in [4.69, 9.17) is 11.6 Å². The highest BCUT2D eigenvalue weighted by Gasteiger charge is 2.17. The van der Waals surface area contributed by atoms with E-state index in [1.807, 2.05) is 61.5 Å². The van der Waals surface area contributed by atoms with Crippen LogP contribution in [-0.4, -0.2) is 12.8 Å². The van der Waals surface area contributed by atoms with Crippen molar-refractivity contribution in [3.8, 4) is 0 Å². The van der Waals surface area contributed by atoms with Crippen LogP contribution >= 0.6 is 23.4 Å². The van der Waals surface area contributed by atoms with Crippen molar-refractivity contribution in [1.29, 1.82) is 0 Å². The van der Waals surface area contributed by atoms with Gasteiger partial charge in [0.1, 0.15) is 6.04 Å². The van der Waals surface area contributed by atoms with Gasteiger partial charge >= 0.3 is 0 Å². The van der Waals surface area contributed by atoms with E-state index in [1.165, 1.54) is 5.56 Å². The van der Waals surface area contributed by atoms with Gasteiger partial charge in [-0.05, 0) is 53.5 Å². The molecule has 0 bridgehead atoms. The molecule has 1 atom stereocenters. The lowest BCUT2D eigenvalue weighted by Crippen LogP contribution is -2.07. The molecule has 144 valence electrons. The fourth-order valence-corrected chi connectivity index (χ4v) is 3.79. The maximum absolute atomic E-state index is 11.6. The molecule has 0 spiro atoms. The molecule has 0 radical (unpaired) electrons. The van der Waals surface area contributed by atoms with Crippen molar-refractivity contribution in [2.45, 2.75) is 25.1 Å². The summed E-state index contributed by atoms with van der Waals surface area (Å²) in [5, 5.41) is 6.08. The highest BCUT2D eigenvalue weighted by molar-refractivity contribution is 8.01. The zero-order valence-electron chi connectivity index (χ0n) is 15.8. The molecular formula is C23H23ClN2OS. The monoisotopic (exact) mass is 410 g/mol. The first-order chi connectivity index (χ1) is 13.7. The quantitative estimate of drug-likeness (QED) is 0.234. The number of rotatable bonds is 10. The minimum atomic E-state index is -0.552. The molecule has 28 heavy (non-hydrogen) atoms. The van der Waals surface area contributed by atoms with Crippen molar-refractivity contribution < 1.29 is 0 Å². The van der Waals surface area contributed by atoms with Crippen molar-refractivity contribution in [1.82, 2.24) is 0 Å². The number of nitroso groups, excluding NO2 is 1. The van der Waals surface area contributed by atoms with Crippen molar-refractivity contribution in [3.05, 3.63) is 105 Å². The summed E-state index contributed by atoms with van der Waals surface area (Å²) in [4.78, 5) is 15.4. The minimum absolute atomic E-state index is 0.456. The van der Waals surface area contributed by atoms with E-state index < -0.39 is 6.04 Å². The highest BCUT2D eigenvalue weighted by atomic mass is 35.5. The molecule has 2 aromatic rings. The average molecular weight is 411 g/mol. The molecule has 0 saturated heterocycles. The molecule has 0 aliphatic heterocycles. The summed E-state index contributed by atoms with van der Waals surface area (Å²) < 4.78 is 0. The fraction of sp³-hybridized carbons (Fsp3) is 0.174. The molecule has 0 aliphatic carbocycles. The maximum atomic E-state index is 11.6. The largest absolute Gasteiger partial charge is 0.272 e. The van der Waals surface area contributed by atoms with Crippen LogP contribution in [0.25, 0.3) is 5.57 Å². The van der Waals surface area contributed by atoms with Gasteiger partial charge in [0.15, 0.2) is 0 Å². The van der Waals surface area contributed by atoms with Gasteiger partial charge in [-0.1, -0.05) is 71.4 Å². The van der Waals surface area contributed by atoms with Crippen LogP contribution in [0, 0.1) is 4.91 Å². The summed E-state index contributed by atoms with van der Waals surface area (Å²) in [6.45, 7) is 5.38. The SMILES string of the molecule is C=N/C=C(\C=C/C)C(C/C(=C\SCc1ccccc1)c1cccc(Cl)c1)N=O. The van der Waals surface area contributed by atoms with Crippen LogP contribution in [0.3, 0.4) is 0 Å². The van der Waals surface area contributed by atoms with Gasteiger partial charge in [0.25, 0.3) is 0 Å². The Labute approximate surface area is 175 Å². The van der Waals surface area contributed by atoms with Gasteiger partial charge in [-0.2, -0.15) is 4.91 Å². The Morgan fingerprint density at radius 2 is 2.00 bits per heavy atom. The normalized spacial score (nSPS) is 13.5. The molecular weight excluding hydrogens is 388 g/mol. The molecule has 3 nitrogen and oxygen atoms in total. The number of nitrogens with zero attached hydrogens (tertiary/aromatic N) is 2. The standard InChI is InChI=1S/C23H23ClN2OS/c1-3-8-20(15-25-2)23(26-27)14-21(19-11-7-12-22(24)13-19)17-28-16-18-9-5-4-6-10-18/h3-13,15,17,23H,2,14,16H2,1H3/b8-3-,20-15+,21-17+. The second kappa shape index (κ2) is 12.1. The first-order valence-corrected chi connectivity index (χ1v) is 10.3. The van der Waals surface area contributed by atoms with Crippen LogP contribution in [0.15, 0.2) is 94.1 Å². The average Bonchev–Trinajstić information content (AvgIpc) is 2.71. The predicted molar refractivity (Wildman–Crippen MR) is 124 cm³/mol. The summed E-state index contributed by atoms with van der Waals surface area (Å²) in [7, 11) is 0. The molecule has 2 aromatic carbocycles. The van der Waals surface area contributed by atoms with Gasteiger partial charge in [0.05, 0.1) is 0 Å². The number of hydrogen-bond acceptors (Lipinski definition) is 4. The lowest BCUT2D eigenvalue weighted by molar-refractivity contribution is 0.804. The van der Waals surface area contributed by atoms with E-state index in [0.29, 0.717) is 11.4 Å². The third kappa shape index (κ3) is 6.95. The number of hydrogen-bond donors (Lipinski definition) is 0. The number of aliphatic imine (C=N–C) groups is 1. The fourth-order valence-electron chi connectivity index (χ4n) is 2.70. The smallest absolute Gasteiger partial charge is 0.122 e. The first kappa shape index (κ1) is 21.9. The van der Waals surface area contributed by atoms with Crippen LogP contribution in [0.2, 0.25) is 5.02 Å². The van der Waals surface area contributed by atoms with E-state index in [1.54, 1.807) is 18.0 Å². The number of thioether (sulfide) groups is 1. The van der Waals surface area contributed by atoms with Gasteiger partial charge in [0.2, 0.25) is 0 Å². The second-order valence-electron chi connectivity index (χ2n) is 6.09. The summed E-state index contributed by atoms with van der Waals surface area (Å²) in [6.07, 6.45) is 5.74. The van der Waals surface area contributed by atoms with Gasteiger partial charge in [-0.25, -0.2) is 0 Å². The number of benzene rings is 2. The Hall–Kier alpha value is -2.43.